The van der Waals surface area contributed by atoms with Crippen molar-refractivity contribution in [1.82, 2.24) is 19.6 Å². The molecule has 3 heterocycles. The molecule has 0 spiro atoms. The van der Waals surface area contributed by atoms with Crippen LogP contribution in [0.4, 0.5) is 24.1 Å². The molecule has 0 aromatic carbocycles. The van der Waals surface area contributed by atoms with Crippen LogP contribution in [0, 0.1) is 0 Å². The number of alkyl halides is 3. The summed E-state index contributed by atoms with van der Waals surface area (Å²) in [6.07, 6.45) is -2.79. The minimum Gasteiger partial charge on any atom is -0.353 e. The summed E-state index contributed by atoms with van der Waals surface area (Å²) in [6.45, 7) is 4.94. The zero-order valence-electron chi connectivity index (χ0n) is 13.1. The molecular formula is C14H17F3N6S. The number of anilines is 2. The van der Waals surface area contributed by atoms with Crippen molar-refractivity contribution in [3.8, 4) is 0 Å². The van der Waals surface area contributed by atoms with E-state index in [2.05, 4.69) is 24.5 Å². The Bertz CT molecular complexity index is 672. The highest BCUT2D eigenvalue weighted by Crippen LogP contribution is 2.28. The van der Waals surface area contributed by atoms with Crippen LogP contribution in [0.15, 0.2) is 12.1 Å². The molecule has 1 fully saturated rings. The predicted octanol–water partition coefficient (Wildman–Crippen LogP) is 2.63. The number of nitrogens with zero attached hydrogens (tertiary/aromatic N) is 6. The Hall–Kier alpha value is -1.97. The molecule has 0 aliphatic carbocycles. The Morgan fingerprint density at radius 3 is 2.46 bits per heavy atom. The number of aryl methyl sites for hydroxylation is 1. The topological polar surface area (TPSA) is 58.0 Å². The lowest BCUT2D eigenvalue weighted by molar-refractivity contribution is -0.141. The lowest BCUT2D eigenvalue weighted by atomic mass is 10.3. The third-order valence-electron chi connectivity index (χ3n) is 3.80. The van der Waals surface area contributed by atoms with Gasteiger partial charge in [0.2, 0.25) is 5.13 Å². The Balaban J connectivity index is 1.67. The second-order valence-corrected chi connectivity index (χ2v) is 6.18. The first-order chi connectivity index (χ1) is 11.5. The van der Waals surface area contributed by atoms with Gasteiger partial charge in [0.25, 0.3) is 0 Å². The third kappa shape index (κ3) is 3.74. The van der Waals surface area contributed by atoms with Crippen LogP contribution in [-0.2, 0) is 12.6 Å². The van der Waals surface area contributed by atoms with Gasteiger partial charge in [-0.3, -0.25) is 0 Å². The van der Waals surface area contributed by atoms with Gasteiger partial charge in [-0.05, 0) is 18.6 Å². The molecule has 1 saturated heterocycles. The highest BCUT2D eigenvalue weighted by Gasteiger charge is 2.33. The van der Waals surface area contributed by atoms with Crippen LogP contribution in [0.1, 0.15) is 24.9 Å². The second kappa shape index (κ2) is 6.88. The minimum atomic E-state index is -4.46. The summed E-state index contributed by atoms with van der Waals surface area (Å²) >= 11 is 1.38. The summed E-state index contributed by atoms with van der Waals surface area (Å²) < 4.78 is 42.0. The second-order valence-electron chi connectivity index (χ2n) is 5.45. The highest BCUT2D eigenvalue weighted by molar-refractivity contribution is 7.09. The van der Waals surface area contributed by atoms with Crippen molar-refractivity contribution < 1.29 is 13.2 Å². The summed E-state index contributed by atoms with van der Waals surface area (Å²) in [5.74, 6) is 1.31. The van der Waals surface area contributed by atoms with Crippen molar-refractivity contribution in [2.75, 3.05) is 36.0 Å². The number of hydrogen-bond donors (Lipinski definition) is 0. The molecule has 0 amide bonds. The number of halogens is 3. The fourth-order valence-corrected chi connectivity index (χ4v) is 3.30. The molecular weight excluding hydrogens is 341 g/mol. The molecule has 130 valence electrons. The van der Waals surface area contributed by atoms with Crippen LogP contribution in [0.5, 0.6) is 0 Å². The molecule has 2 aromatic rings. The number of hydrogen-bond acceptors (Lipinski definition) is 7. The van der Waals surface area contributed by atoms with Gasteiger partial charge in [-0.1, -0.05) is 6.92 Å². The molecule has 3 rings (SSSR count). The Labute approximate surface area is 141 Å². The van der Waals surface area contributed by atoms with Gasteiger partial charge in [-0.2, -0.15) is 17.5 Å². The van der Waals surface area contributed by atoms with E-state index in [0.717, 1.165) is 49.5 Å². The third-order valence-corrected chi connectivity index (χ3v) is 4.62. The molecule has 6 nitrogen and oxygen atoms in total. The fraction of sp³-hybridized carbons (Fsp3) is 0.571. The first kappa shape index (κ1) is 16.9. The van der Waals surface area contributed by atoms with E-state index in [1.165, 1.54) is 17.6 Å². The van der Waals surface area contributed by atoms with Crippen LogP contribution < -0.4 is 9.80 Å². The maximum Gasteiger partial charge on any atom is 0.435 e. The SMILES string of the molecule is CCc1nsc(N2CCCN(c3ccc(C(F)(F)F)nn3)CC2)n1. The first-order valence-corrected chi connectivity index (χ1v) is 8.48. The van der Waals surface area contributed by atoms with Gasteiger partial charge in [-0.15, -0.1) is 10.2 Å². The van der Waals surface area contributed by atoms with Crippen molar-refractivity contribution in [3.63, 3.8) is 0 Å². The Morgan fingerprint density at radius 1 is 1.08 bits per heavy atom. The number of aromatic nitrogens is 4. The summed E-state index contributed by atoms with van der Waals surface area (Å²) in [5.41, 5.74) is -0.969. The van der Waals surface area contributed by atoms with Gasteiger partial charge in [0.05, 0.1) is 0 Å². The van der Waals surface area contributed by atoms with E-state index in [1.807, 2.05) is 11.8 Å². The van der Waals surface area contributed by atoms with Crippen molar-refractivity contribution in [2.24, 2.45) is 0 Å². The van der Waals surface area contributed by atoms with Gasteiger partial charge in [-0.25, -0.2) is 4.98 Å². The largest absolute Gasteiger partial charge is 0.435 e. The van der Waals surface area contributed by atoms with E-state index in [4.69, 9.17) is 0 Å². The molecule has 0 unspecified atom stereocenters. The fourth-order valence-electron chi connectivity index (χ4n) is 2.50. The normalized spacial score (nSPS) is 16.3. The lowest BCUT2D eigenvalue weighted by Gasteiger charge is -2.22. The van der Waals surface area contributed by atoms with E-state index in [-0.39, 0.29) is 0 Å². The predicted molar refractivity (Wildman–Crippen MR) is 85.4 cm³/mol. The van der Waals surface area contributed by atoms with E-state index in [9.17, 15) is 13.2 Å². The van der Waals surface area contributed by atoms with Gasteiger partial charge >= 0.3 is 6.18 Å². The maximum atomic E-state index is 12.6. The summed E-state index contributed by atoms with van der Waals surface area (Å²) in [7, 11) is 0. The molecule has 10 heteroatoms. The molecule has 0 atom stereocenters. The molecule has 0 N–H and O–H groups in total. The molecule has 1 aliphatic rings. The average Bonchev–Trinajstić information content (AvgIpc) is 2.91. The Morgan fingerprint density at radius 2 is 1.83 bits per heavy atom. The van der Waals surface area contributed by atoms with E-state index in [0.29, 0.717) is 12.4 Å². The average molecular weight is 358 g/mol. The van der Waals surface area contributed by atoms with Gasteiger partial charge in [0.15, 0.2) is 11.5 Å². The van der Waals surface area contributed by atoms with Crippen LogP contribution in [0.3, 0.4) is 0 Å². The van der Waals surface area contributed by atoms with Crippen LogP contribution in [-0.4, -0.2) is 45.7 Å². The molecule has 24 heavy (non-hydrogen) atoms. The van der Waals surface area contributed by atoms with Crippen LogP contribution >= 0.6 is 11.5 Å². The molecule has 0 bridgehead atoms. The van der Waals surface area contributed by atoms with Crippen molar-refractivity contribution in [2.45, 2.75) is 25.9 Å². The highest BCUT2D eigenvalue weighted by atomic mass is 32.1. The lowest BCUT2D eigenvalue weighted by Crippen LogP contribution is -2.31. The minimum absolute atomic E-state index is 0.469. The standard InChI is InChI=1S/C14H17F3N6S/c1-2-11-18-13(24-21-11)23-7-3-6-22(8-9-23)12-5-4-10(19-20-12)14(15,16)17/h4-5H,2-3,6-9H2,1H3. The zero-order valence-corrected chi connectivity index (χ0v) is 13.9. The number of rotatable bonds is 3. The zero-order chi connectivity index (χ0) is 17.2. The van der Waals surface area contributed by atoms with Gasteiger partial charge in [0, 0.05) is 44.1 Å². The van der Waals surface area contributed by atoms with Crippen molar-refractivity contribution in [3.05, 3.63) is 23.7 Å². The first-order valence-electron chi connectivity index (χ1n) is 7.71. The molecule has 1 aliphatic heterocycles. The maximum absolute atomic E-state index is 12.6. The van der Waals surface area contributed by atoms with E-state index in [1.54, 1.807) is 0 Å². The summed E-state index contributed by atoms with van der Waals surface area (Å²) in [5, 5.41) is 7.93. The quantitative estimate of drug-likeness (QED) is 0.841. The summed E-state index contributed by atoms with van der Waals surface area (Å²) in [6, 6.07) is 2.36. The van der Waals surface area contributed by atoms with E-state index >= 15 is 0 Å². The van der Waals surface area contributed by atoms with E-state index < -0.39 is 11.9 Å². The smallest absolute Gasteiger partial charge is 0.353 e. The van der Waals surface area contributed by atoms with Crippen molar-refractivity contribution in [1.29, 1.82) is 0 Å². The van der Waals surface area contributed by atoms with Gasteiger partial charge < -0.3 is 9.80 Å². The van der Waals surface area contributed by atoms with Crippen LogP contribution in [0.2, 0.25) is 0 Å². The molecule has 2 aromatic heterocycles. The van der Waals surface area contributed by atoms with Crippen LogP contribution in [0.25, 0.3) is 0 Å². The van der Waals surface area contributed by atoms with Gasteiger partial charge in [0.1, 0.15) is 5.82 Å². The summed E-state index contributed by atoms with van der Waals surface area (Å²) in [4.78, 5) is 8.61. The molecule has 0 saturated carbocycles. The molecule has 0 radical (unpaired) electrons. The van der Waals surface area contributed by atoms with Crippen molar-refractivity contribution >= 4 is 22.5 Å². The monoisotopic (exact) mass is 358 g/mol. The Kier molecular flexibility index (Phi) is 4.83.